The van der Waals surface area contributed by atoms with E-state index in [9.17, 15) is 9.18 Å². The average Bonchev–Trinajstić information content (AvgIpc) is 2.70. The van der Waals surface area contributed by atoms with E-state index in [1.165, 1.54) is 16.8 Å². The molecule has 6 nitrogen and oxygen atoms in total. The van der Waals surface area contributed by atoms with Crippen molar-refractivity contribution in [2.45, 2.75) is 26.4 Å². The first kappa shape index (κ1) is 15.8. The summed E-state index contributed by atoms with van der Waals surface area (Å²) in [7, 11) is 1.71. The fourth-order valence-electron chi connectivity index (χ4n) is 1.82. The van der Waals surface area contributed by atoms with E-state index in [2.05, 4.69) is 10.4 Å². The molecule has 0 aliphatic carbocycles. The summed E-state index contributed by atoms with van der Waals surface area (Å²) in [5, 5.41) is 6.61. The molecule has 1 aromatic heterocycles. The highest BCUT2D eigenvalue weighted by atomic mass is 19.1. The van der Waals surface area contributed by atoms with Gasteiger partial charge in [-0.1, -0.05) is 0 Å². The Labute approximate surface area is 128 Å². The molecular formula is C15H19FN4O2. The van der Waals surface area contributed by atoms with Crippen LogP contribution in [0, 0.1) is 5.82 Å². The molecule has 0 aliphatic rings. The van der Waals surface area contributed by atoms with E-state index in [0.29, 0.717) is 17.1 Å². The second-order valence-corrected chi connectivity index (χ2v) is 5.90. The SMILES string of the molecule is Cn1nc(-c2ccc(F)c(NC(=O)OC(C)(C)C)c2)cc1N. The van der Waals surface area contributed by atoms with Crippen LogP contribution in [0.25, 0.3) is 11.3 Å². The summed E-state index contributed by atoms with van der Waals surface area (Å²) < 4.78 is 20.5. The summed E-state index contributed by atoms with van der Waals surface area (Å²) in [6.07, 6.45) is -0.718. The molecule has 0 saturated carbocycles. The summed E-state index contributed by atoms with van der Waals surface area (Å²) in [5.74, 6) is -0.0699. The Hall–Kier alpha value is -2.57. The van der Waals surface area contributed by atoms with Crippen molar-refractivity contribution in [1.29, 1.82) is 0 Å². The number of nitrogens with two attached hydrogens (primary N) is 1. The van der Waals surface area contributed by atoms with Gasteiger partial charge < -0.3 is 10.5 Å². The van der Waals surface area contributed by atoms with Gasteiger partial charge in [0.15, 0.2) is 0 Å². The number of aromatic nitrogens is 2. The van der Waals surface area contributed by atoms with Crippen LogP contribution in [0.4, 0.5) is 20.7 Å². The van der Waals surface area contributed by atoms with Crippen LogP contribution in [-0.2, 0) is 11.8 Å². The number of nitrogen functional groups attached to an aromatic ring is 1. The highest BCUT2D eigenvalue weighted by Gasteiger charge is 2.18. The predicted octanol–water partition coefficient (Wildman–Crippen LogP) is 3.16. The van der Waals surface area contributed by atoms with Crippen LogP contribution in [0.15, 0.2) is 24.3 Å². The Kier molecular flexibility index (Phi) is 4.07. The van der Waals surface area contributed by atoms with Crippen LogP contribution in [-0.4, -0.2) is 21.5 Å². The molecule has 1 heterocycles. The Morgan fingerprint density at radius 2 is 2.05 bits per heavy atom. The van der Waals surface area contributed by atoms with E-state index in [0.717, 1.165) is 0 Å². The van der Waals surface area contributed by atoms with Gasteiger partial charge in [0.25, 0.3) is 0 Å². The maximum Gasteiger partial charge on any atom is 0.412 e. The fourth-order valence-corrected chi connectivity index (χ4v) is 1.82. The maximum absolute atomic E-state index is 13.8. The lowest BCUT2D eigenvalue weighted by Gasteiger charge is -2.19. The smallest absolute Gasteiger partial charge is 0.412 e. The first-order chi connectivity index (χ1) is 10.2. The quantitative estimate of drug-likeness (QED) is 0.893. The van der Waals surface area contributed by atoms with Gasteiger partial charge in [0.2, 0.25) is 0 Å². The first-order valence-corrected chi connectivity index (χ1v) is 6.75. The van der Waals surface area contributed by atoms with Gasteiger partial charge in [-0.25, -0.2) is 9.18 Å². The highest BCUT2D eigenvalue weighted by molar-refractivity contribution is 5.86. The Morgan fingerprint density at radius 3 is 2.59 bits per heavy atom. The van der Waals surface area contributed by atoms with Crippen molar-refractivity contribution < 1.29 is 13.9 Å². The molecule has 22 heavy (non-hydrogen) atoms. The Morgan fingerprint density at radius 1 is 1.36 bits per heavy atom. The van der Waals surface area contributed by atoms with Crippen LogP contribution < -0.4 is 11.1 Å². The third kappa shape index (κ3) is 3.75. The van der Waals surface area contributed by atoms with Gasteiger partial charge in [-0.2, -0.15) is 5.10 Å². The molecule has 2 aromatic rings. The minimum atomic E-state index is -0.718. The van der Waals surface area contributed by atoms with Crippen molar-refractivity contribution in [1.82, 2.24) is 9.78 Å². The van der Waals surface area contributed by atoms with E-state index in [-0.39, 0.29) is 5.69 Å². The molecule has 0 fully saturated rings. The van der Waals surface area contributed by atoms with E-state index >= 15 is 0 Å². The third-order valence-electron chi connectivity index (χ3n) is 2.81. The van der Waals surface area contributed by atoms with E-state index < -0.39 is 17.5 Å². The number of halogens is 1. The van der Waals surface area contributed by atoms with Crippen molar-refractivity contribution in [3.8, 4) is 11.3 Å². The number of rotatable bonds is 2. The number of carbonyl (C=O) groups excluding carboxylic acids is 1. The fraction of sp³-hybridized carbons (Fsp3) is 0.333. The monoisotopic (exact) mass is 306 g/mol. The molecule has 0 spiro atoms. The molecule has 1 amide bonds. The lowest BCUT2D eigenvalue weighted by Crippen LogP contribution is -2.27. The number of nitrogens with one attached hydrogen (secondary N) is 1. The standard InChI is InChI=1S/C15H19FN4O2/c1-15(2,3)22-14(21)18-12-7-9(5-6-10(12)16)11-8-13(17)20(4)19-11/h5-8H,17H2,1-4H3,(H,18,21). The van der Waals surface area contributed by atoms with E-state index in [1.54, 1.807) is 40.0 Å². The zero-order valence-corrected chi connectivity index (χ0v) is 13.0. The number of hydrogen-bond acceptors (Lipinski definition) is 4. The zero-order valence-electron chi connectivity index (χ0n) is 13.0. The van der Waals surface area contributed by atoms with Gasteiger partial charge in [-0.05, 0) is 39.0 Å². The Bertz CT molecular complexity index is 685. The first-order valence-electron chi connectivity index (χ1n) is 6.75. The minimum Gasteiger partial charge on any atom is -0.444 e. The summed E-state index contributed by atoms with van der Waals surface area (Å²) >= 11 is 0. The number of nitrogens with zero attached hydrogens (tertiary/aromatic N) is 2. The lowest BCUT2D eigenvalue weighted by atomic mass is 10.1. The molecular weight excluding hydrogens is 287 g/mol. The third-order valence-corrected chi connectivity index (χ3v) is 2.81. The zero-order chi connectivity index (χ0) is 16.5. The van der Waals surface area contributed by atoms with Gasteiger partial charge in [-0.3, -0.25) is 10.00 Å². The van der Waals surface area contributed by atoms with Crippen molar-refractivity contribution in [3.05, 3.63) is 30.1 Å². The number of amides is 1. The topological polar surface area (TPSA) is 82.2 Å². The normalized spacial score (nSPS) is 11.3. The highest BCUT2D eigenvalue weighted by Crippen LogP contribution is 2.25. The van der Waals surface area contributed by atoms with E-state index in [4.69, 9.17) is 10.5 Å². The van der Waals surface area contributed by atoms with Crippen LogP contribution in [0.1, 0.15) is 20.8 Å². The number of anilines is 2. The van der Waals surface area contributed by atoms with Gasteiger partial charge >= 0.3 is 6.09 Å². The largest absolute Gasteiger partial charge is 0.444 e. The second kappa shape index (κ2) is 5.67. The molecule has 3 N–H and O–H groups in total. The minimum absolute atomic E-state index is 0.0241. The van der Waals surface area contributed by atoms with Crippen molar-refractivity contribution in [2.24, 2.45) is 7.05 Å². The molecule has 1 aromatic carbocycles. The maximum atomic E-state index is 13.8. The number of aryl methyl sites for hydroxylation is 1. The lowest BCUT2D eigenvalue weighted by molar-refractivity contribution is 0.0635. The number of benzene rings is 1. The molecule has 0 bridgehead atoms. The number of ether oxygens (including phenoxy) is 1. The molecule has 2 rings (SSSR count). The van der Waals surface area contributed by atoms with Crippen LogP contribution in [0.3, 0.4) is 0 Å². The molecule has 0 radical (unpaired) electrons. The van der Waals surface area contributed by atoms with Gasteiger partial charge in [0.1, 0.15) is 17.2 Å². The molecule has 0 aliphatic heterocycles. The van der Waals surface area contributed by atoms with Crippen LogP contribution in [0.5, 0.6) is 0 Å². The van der Waals surface area contributed by atoms with Crippen molar-refractivity contribution in [3.63, 3.8) is 0 Å². The van der Waals surface area contributed by atoms with Crippen molar-refractivity contribution >= 4 is 17.6 Å². The number of carbonyl (C=O) groups is 1. The molecule has 7 heteroatoms. The predicted molar refractivity (Wildman–Crippen MR) is 82.9 cm³/mol. The molecule has 118 valence electrons. The van der Waals surface area contributed by atoms with E-state index in [1.807, 2.05) is 0 Å². The summed E-state index contributed by atoms with van der Waals surface area (Å²) in [6.45, 7) is 5.20. The second-order valence-electron chi connectivity index (χ2n) is 5.90. The average molecular weight is 306 g/mol. The molecule has 0 unspecified atom stereocenters. The summed E-state index contributed by atoms with van der Waals surface area (Å²) in [6, 6.07) is 5.98. The van der Waals surface area contributed by atoms with Gasteiger partial charge in [0, 0.05) is 18.7 Å². The van der Waals surface area contributed by atoms with Crippen LogP contribution >= 0.6 is 0 Å². The summed E-state index contributed by atoms with van der Waals surface area (Å²) in [4.78, 5) is 11.7. The summed E-state index contributed by atoms with van der Waals surface area (Å²) in [5.41, 5.74) is 6.33. The number of hydrogen-bond donors (Lipinski definition) is 2. The molecule has 0 saturated heterocycles. The molecule has 0 atom stereocenters. The van der Waals surface area contributed by atoms with Gasteiger partial charge in [0.05, 0.1) is 11.4 Å². The van der Waals surface area contributed by atoms with Crippen LogP contribution in [0.2, 0.25) is 0 Å². The van der Waals surface area contributed by atoms with Crippen molar-refractivity contribution in [2.75, 3.05) is 11.1 Å². The van der Waals surface area contributed by atoms with Gasteiger partial charge in [-0.15, -0.1) is 0 Å². The Balaban J connectivity index is 2.25.